The van der Waals surface area contributed by atoms with E-state index in [1.54, 1.807) is 18.5 Å². The molecule has 1 aromatic heterocycles. The first-order chi connectivity index (χ1) is 18.0. The standard InChI is InChI=1S/C29H29N5O3/c35-27-14-17-34(18-15-27)26-11-1-20(2-12-26)28(36)32-24-7-3-22(4-8-24)31-23-5-9-25(10-6-23)33-29(37)21-13-16-30-19-21/h1-13,16,19,27,30-31,35H,14-15,17-18H2,(H,32,36)(H,33,37). The van der Waals surface area contributed by atoms with Crippen LogP contribution in [0.2, 0.25) is 0 Å². The van der Waals surface area contributed by atoms with Crippen LogP contribution in [0.25, 0.3) is 0 Å². The van der Waals surface area contributed by atoms with E-state index in [0.717, 1.165) is 43.0 Å². The fraction of sp³-hybridized carbons (Fsp3) is 0.172. The van der Waals surface area contributed by atoms with Crippen LogP contribution in [0.15, 0.2) is 91.3 Å². The molecule has 0 unspecified atom stereocenters. The van der Waals surface area contributed by atoms with E-state index in [9.17, 15) is 14.7 Å². The lowest BCUT2D eigenvalue weighted by Gasteiger charge is -2.31. The summed E-state index contributed by atoms with van der Waals surface area (Å²) in [6.07, 6.45) is 4.69. The number of nitrogens with zero attached hydrogens (tertiary/aromatic N) is 1. The summed E-state index contributed by atoms with van der Waals surface area (Å²) >= 11 is 0. The smallest absolute Gasteiger partial charge is 0.257 e. The van der Waals surface area contributed by atoms with Crippen LogP contribution >= 0.6 is 0 Å². The number of hydrogen-bond acceptors (Lipinski definition) is 5. The van der Waals surface area contributed by atoms with Crippen molar-refractivity contribution in [2.75, 3.05) is 33.9 Å². The van der Waals surface area contributed by atoms with E-state index in [2.05, 4.69) is 25.8 Å². The molecule has 0 radical (unpaired) electrons. The summed E-state index contributed by atoms with van der Waals surface area (Å²) in [6.45, 7) is 1.64. The van der Waals surface area contributed by atoms with Gasteiger partial charge in [-0.3, -0.25) is 9.59 Å². The lowest BCUT2D eigenvalue weighted by molar-refractivity contribution is 0.101. The molecule has 2 heterocycles. The van der Waals surface area contributed by atoms with Crippen LogP contribution in [0.1, 0.15) is 33.6 Å². The maximum Gasteiger partial charge on any atom is 0.257 e. The number of H-pyrrole nitrogens is 1. The molecule has 0 aliphatic carbocycles. The third kappa shape index (κ3) is 6.17. The molecule has 1 saturated heterocycles. The van der Waals surface area contributed by atoms with Crippen LogP contribution in [0.4, 0.5) is 28.4 Å². The zero-order valence-corrected chi connectivity index (χ0v) is 20.3. The van der Waals surface area contributed by atoms with Gasteiger partial charge in [0.05, 0.1) is 11.7 Å². The Bertz CT molecular complexity index is 1330. The molecule has 4 aromatic rings. The van der Waals surface area contributed by atoms with E-state index in [1.165, 1.54) is 0 Å². The summed E-state index contributed by atoms with van der Waals surface area (Å²) in [6, 6.07) is 24.2. The first-order valence-electron chi connectivity index (χ1n) is 12.3. The van der Waals surface area contributed by atoms with Gasteiger partial charge in [-0.2, -0.15) is 0 Å². The first kappa shape index (κ1) is 24.1. The lowest BCUT2D eigenvalue weighted by Crippen LogP contribution is -2.35. The highest BCUT2D eigenvalue weighted by Gasteiger charge is 2.17. The van der Waals surface area contributed by atoms with Crippen LogP contribution in [0, 0.1) is 0 Å². The third-order valence-corrected chi connectivity index (χ3v) is 6.39. The van der Waals surface area contributed by atoms with Gasteiger partial charge in [-0.15, -0.1) is 0 Å². The van der Waals surface area contributed by atoms with Gasteiger partial charge in [0, 0.05) is 59.5 Å². The normalized spacial score (nSPS) is 13.7. The molecule has 0 saturated carbocycles. The van der Waals surface area contributed by atoms with Crippen molar-refractivity contribution in [3.63, 3.8) is 0 Å². The van der Waals surface area contributed by atoms with Gasteiger partial charge in [0.25, 0.3) is 11.8 Å². The minimum atomic E-state index is -0.210. The molecule has 188 valence electrons. The Labute approximate surface area is 215 Å². The van der Waals surface area contributed by atoms with E-state index in [4.69, 9.17) is 0 Å². The second-order valence-electron chi connectivity index (χ2n) is 9.05. The molecule has 0 bridgehead atoms. The van der Waals surface area contributed by atoms with Gasteiger partial charge in [0.15, 0.2) is 0 Å². The van der Waals surface area contributed by atoms with Gasteiger partial charge in [-0.05, 0) is 91.7 Å². The second kappa shape index (κ2) is 11.0. The van der Waals surface area contributed by atoms with Gasteiger partial charge in [0.1, 0.15) is 0 Å². The molecule has 5 N–H and O–H groups in total. The highest BCUT2D eigenvalue weighted by Crippen LogP contribution is 2.23. The van der Waals surface area contributed by atoms with Crippen LogP contribution in [0.5, 0.6) is 0 Å². The predicted molar refractivity (Wildman–Crippen MR) is 147 cm³/mol. The largest absolute Gasteiger partial charge is 0.393 e. The zero-order chi connectivity index (χ0) is 25.6. The summed E-state index contributed by atoms with van der Waals surface area (Å²) in [5.74, 6) is -0.336. The number of benzene rings is 3. The molecule has 8 nitrogen and oxygen atoms in total. The fourth-order valence-electron chi connectivity index (χ4n) is 4.26. The number of nitrogens with one attached hydrogen (secondary N) is 4. The number of anilines is 5. The van der Waals surface area contributed by atoms with E-state index in [-0.39, 0.29) is 17.9 Å². The van der Waals surface area contributed by atoms with Gasteiger partial charge < -0.3 is 30.9 Å². The van der Waals surface area contributed by atoms with E-state index < -0.39 is 0 Å². The molecule has 1 aliphatic heterocycles. The Morgan fingerprint density at radius 3 is 1.73 bits per heavy atom. The number of carbonyl (C=O) groups excluding carboxylic acids is 2. The Balaban J connectivity index is 1.13. The van der Waals surface area contributed by atoms with E-state index in [1.807, 2.05) is 72.8 Å². The van der Waals surface area contributed by atoms with Crippen molar-refractivity contribution in [3.05, 3.63) is 102 Å². The SMILES string of the molecule is O=C(Nc1ccc(Nc2ccc(NC(=O)c3cc[nH]c3)cc2)cc1)c1ccc(N2CCC(O)CC2)cc1. The van der Waals surface area contributed by atoms with Crippen molar-refractivity contribution in [3.8, 4) is 0 Å². The van der Waals surface area contributed by atoms with Gasteiger partial charge in [-0.25, -0.2) is 0 Å². The van der Waals surface area contributed by atoms with Crippen molar-refractivity contribution in [1.82, 2.24) is 4.98 Å². The number of aliphatic hydroxyl groups excluding tert-OH is 1. The summed E-state index contributed by atoms with van der Waals surface area (Å²) < 4.78 is 0. The highest BCUT2D eigenvalue weighted by molar-refractivity contribution is 6.05. The lowest BCUT2D eigenvalue weighted by atomic mass is 10.1. The molecule has 5 rings (SSSR count). The number of hydrogen-bond donors (Lipinski definition) is 5. The Morgan fingerprint density at radius 2 is 1.22 bits per heavy atom. The van der Waals surface area contributed by atoms with Crippen molar-refractivity contribution in [2.24, 2.45) is 0 Å². The average molecular weight is 496 g/mol. The minimum Gasteiger partial charge on any atom is -0.393 e. The average Bonchev–Trinajstić information content (AvgIpc) is 3.47. The van der Waals surface area contributed by atoms with Crippen LogP contribution in [-0.4, -0.2) is 41.1 Å². The molecular formula is C29H29N5O3. The molecular weight excluding hydrogens is 466 g/mol. The summed E-state index contributed by atoms with van der Waals surface area (Å²) in [7, 11) is 0. The van der Waals surface area contributed by atoms with Crippen molar-refractivity contribution in [1.29, 1.82) is 0 Å². The van der Waals surface area contributed by atoms with Gasteiger partial charge in [0.2, 0.25) is 0 Å². The molecule has 0 atom stereocenters. The minimum absolute atomic E-state index is 0.168. The van der Waals surface area contributed by atoms with Gasteiger partial charge >= 0.3 is 0 Å². The maximum absolute atomic E-state index is 12.7. The number of amides is 2. The molecule has 8 heteroatoms. The predicted octanol–water partition coefficient (Wildman–Crippen LogP) is 5.22. The number of aliphatic hydroxyl groups is 1. The molecule has 1 fully saturated rings. The van der Waals surface area contributed by atoms with Crippen LogP contribution < -0.4 is 20.9 Å². The van der Waals surface area contributed by atoms with Gasteiger partial charge in [-0.1, -0.05) is 0 Å². The maximum atomic E-state index is 12.7. The Kier molecular flexibility index (Phi) is 7.19. The monoisotopic (exact) mass is 495 g/mol. The zero-order valence-electron chi connectivity index (χ0n) is 20.3. The quantitative estimate of drug-likeness (QED) is 0.241. The number of aromatic nitrogens is 1. The summed E-state index contributed by atoms with van der Waals surface area (Å²) in [5, 5.41) is 18.8. The second-order valence-corrected chi connectivity index (χ2v) is 9.05. The van der Waals surface area contributed by atoms with Crippen LogP contribution in [0.3, 0.4) is 0 Å². The topological polar surface area (TPSA) is 109 Å². The van der Waals surface area contributed by atoms with Crippen molar-refractivity contribution in [2.45, 2.75) is 18.9 Å². The third-order valence-electron chi connectivity index (χ3n) is 6.39. The fourth-order valence-corrected chi connectivity index (χ4v) is 4.26. The number of rotatable bonds is 7. The highest BCUT2D eigenvalue weighted by atomic mass is 16.3. The van der Waals surface area contributed by atoms with Crippen LogP contribution in [-0.2, 0) is 0 Å². The summed E-state index contributed by atoms with van der Waals surface area (Å²) in [5.41, 5.74) is 5.38. The van der Waals surface area contributed by atoms with E-state index in [0.29, 0.717) is 22.5 Å². The molecule has 0 spiro atoms. The number of carbonyl (C=O) groups is 2. The van der Waals surface area contributed by atoms with Crippen molar-refractivity contribution < 1.29 is 14.7 Å². The molecule has 2 amide bonds. The Morgan fingerprint density at radius 1 is 0.703 bits per heavy atom. The first-order valence-corrected chi connectivity index (χ1v) is 12.3. The Hall–Kier alpha value is -4.56. The molecule has 1 aliphatic rings. The molecule has 3 aromatic carbocycles. The number of piperidine rings is 1. The summed E-state index contributed by atoms with van der Waals surface area (Å²) in [4.78, 5) is 30.0. The number of aromatic amines is 1. The van der Waals surface area contributed by atoms with Crippen molar-refractivity contribution >= 4 is 40.3 Å². The molecule has 37 heavy (non-hydrogen) atoms. The van der Waals surface area contributed by atoms with E-state index >= 15 is 0 Å².